The zero-order valence-corrected chi connectivity index (χ0v) is 14.4. The van der Waals surface area contributed by atoms with Gasteiger partial charge in [-0.05, 0) is 37.5 Å². The van der Waals surface area contributed by atoms with Gasteiger partial charge in [0.05, 0.1) is 0 Å². The minimum absolute atomic E-state index is 0.152. The van der Waals surface area contributed by atoms with Gasteiger partial charge in [0.15, 0.2) is 0 Å². The molecule has 1 heterocycles. The topological polar surface area (TPSA) is 122 Å². The second-order valence-electron chi connectivity index (χ2n) is 6.73. The van der Waals surface area contributed by atoms with Crippen LogP contribution in [0, 0.1) is 0 Å². The number of nitrogens with one attached hydrogen (secondary N) is 2. The van der Waals surface area contributed by atoms with Crippen molar-refractivity contribution >= 4 is 23.8 Å². The number of nitrogens with two attached hydrogens (primary N) is 1. The van der Waals surface area contributed by atoms with E-state index < -0.39 is 11.4 Å². The maximum atomic E-state index is 12.5. The number of carbonyl (C=O) groups excluding carboxylic acids is 4. The molecule has 4 N–H and O–H groups in total. The quantitative estimate of drug-likeness (QED) is 0.513. The van der Waals surface area contributed by atoms with Gasteiger partial charge in [0.25, 0.3) is 11.8 Å². The standard InChI is InChI=1S/C18H22N4O4/c19-14(23)12-5-3-6-13(11-12)15(24)20-9-4-10-22-16(25)18(21-17(22)26)7-1-2-8-18/h3,5-6,11H,1-2,4,7-10H2,(H2,19,23)(H,20,24)(H,21,26). The maximum absolute atomic E-state index is 12.5. The molecule has 1 aromatic rings. The molecule has 1 saturated carbocycles. The summed E-state index contributed by atoms with van der Waals surface area (Å²) < 4.78 is 0. The van der Waals surface area contributed by atoms with Crippen LogP contribution in [0.25, 0.3) is 0 Å². The van der Waals surface area contributed by atoms with Crippen molar-refractivity contribution in [1.29, 1.82) is 0 Å². The van der Waals surface area contributed by atoms with Crippen LogP contribution in [0.3, 0.4) is 0 Å². The third kappa shape index (κ3) is 3.40. The molecular formula is C18H22N4O4. The van der Waals surface area contributed by atoms with E-state index in [1.807, 2.05) is 0 Å². The Morgan fingerprint density at radius 1 is 1.19 bits per heavy atom. The molecule has 2 fully saturated rings. The number of imide groups is 1. The maximum Gasteiger partial charge on any atom is 0.325 e. The van der Waals surface area contributed by atoms with E-state index >= 15 is 0 Å². The summed E-state index contributed by atoms with van der Waals surface area (Å²) in [6.45, 7) is 0.567. The van der Waals surface area contributed by atoms with Gasteiger partial charge < -0.3 is 16.4 Å². The summed E-state index contributed by atoms with van der Waals surface area (Å²) >= 11 is 0. The van der Waals surface area contributed by atoms with Crippen LogP contribution < -0.4 is 16.4 Å². The fourth-order valence-corrected chi connectivity index (χ4v) is 3.55. The summed E-state index contributed by atoms with van der Waals surface area (Å²) in [5.41, 5.74) is 5.10. The Bertz CT molecular complexity index is 755. The minimum atomic E-state index is -0.699. The fourth-order valence-electron chi connectivity index (χ4n) is 3.55. The molecule has 3 rings (SSSR count). The molecule has 0 bridgehead atoms. The van der Waals surface area contributed by atoms with Crippen LogP contribution in [0.15, 0.2) is 24.3 Å². The number of hydrogen-bond donors (Lipinski definition) is 3. The van der Waals surface area contributed by atoms with Crippen LogP contribution >= 0.6 is 0 Å². The van der Waals surface area contributed by atoms with E-state index in [-0.39, 0.29) is 30.0 Å². The van der Waals surface area contributed by atoms with E-state index in [0.29, 0.717) is 31.4 Å². The molecule has 138 valence electrons. The van der Waals surface area contributed by atoms with Crippen LogP contribution in [-0.2, 0) is 4.79 Å². The zero-order chi connectivity index (χ0) is 18.7. The smallest absolute Gasteiger partial charge is 0.325 e. The van der Waals surface area contributed by atoms with Gasteiger partial charge in [0.2, 0.25) is 5.91 Å². The highest BCUT2D eigenvalue weighted by molar-refractivity contribution is 6.07. The van der Waals surface area contributed by atoms with Crippen molar-refractivity contribution < 1.29 is 19.2 Å². The molecule has 5 amide bonds. The number of hydrogen-bond acceptors (Lipinski definition) is 4. The molecule has 1 spiro atoms. The SMILES string of the molecule is NC(=O)c1cccc(C(=O)NCCCN2C(=O)NC3(CCCC3)C2=O)c1. The monoisotopic (exact) mass is 358 g/mol. The van der Waals surface area contributed by atoms with Gasteiger partial charge in [-0.1, -0.05) is 18.9 Å². The number of carbonyl (C=O) groups is 4. The molecule has 0 aromatic heterocycles. The minimum Gasteiger partial charge on any atom is -0.366 e. The highest BCUT2D eigenvalue weighted by atomic mass is 16.2. The van der Waals surface area contributed by atoms with Crippen molar-refractivity contribution in [2.75, 3.05) is 13.1 Å². The largest absolute Gasteiger partial charge is 0.366 e. The van der Waals surface area contributed by atoms with E-state index in [1.165, 1.54) is 17.0 Å². The van der Waals surface area contributed by atoms with Crippen LogP contribution in [0.2, 0.25) is 0 Å². The molecular weight excluding hydrogens is 336 g/mol. The van der Waals surface area contributed by atoms with Gasteiger partial charge in [-0.2, -0.15) is 0 Å². The average molecular weight is 358 g/mol. The normalized spacial score (nSPS) is 18.2. The molecule has 0 radical (unpaired) electrons. The number of urea groups is 1. The molecule has 0 atom stereocenters. The Labute approximate surface area is 151 Å². The average Bonchev–Trinajstić information content (AvgIpc) is 3.18. The van der Waals surface area contributed by atoms with Crippen molar-refractivity contribution in [3.63, 3.8) is 0 Å². The van der Waals surface area contributed by atoms with Crippen molar-refractivity contribution in [2.24, 2.45) is 5.73 Å². The Hall–Kier alpha value is -2.90. The van der Waals surface area contributed by atoms with Gasteiger partial charge in [0, 0.05) is 24.2 Å². The number of rotatable bonds is 6. The molecule has 0 unspecified atom stereocenters. The van der Waals surface area contributed by atoms with Crippen molar-refractivity contribution in [1.82, 2.24) is 15.5 Å². The second kappa shape index (κ2) is 7.15. The lowest BCUT2D eigenvalue weighted by molar-refractivity contribution is -0.131. The first kappa shape index (κ1) is 17.9. The molecule has 26 heavy (non-hydrogen) atoms. The zero-order valence-electron chi connectivity index (χ0n) is 14.4. The Kier molecular flexibility index (Phi) is 4.92. The summed E-state index contributed by atoms with van der Waals surface area (Å²) in [5, 5.41) is 5.55. The third-order valence-electron chi connectivity index (χ3n) is 4.96. The predicted octanol–water partition coefficient (Wildman–Crippen LogP) is 0.770. The highest BCUT2D eigenvalue weighted by Gasteiger charge is 2.51. The Morgan fingerprint density at radius 3 is 2.58 bits per heavy atom. The van der Waals surface area contributed by atoms with Gasteiger partial charge in [0.1, 0.15) is 5.54 Å². The Morgan fingerprint density at radius 2 is 1.88 bits per heavy atom. The number of primary amides is 1. The molecule has 1 aliphatic heterocycles. The van der Waals surface area contributed by atoms with Crippen LogP contribution in [0.4, 0.5) is 4.79 Å². The summed E-state index contributed by atoms with van der Waals surface area (Å²) in [4.78, 5) is 49.1. The van der Waals surface area contributed by atoms with E-state index in [9.17, 15) is 19.2 Å². The van der Waals surface area contributed by atoms with Crippen molar-refractivity contribution in [3.05, 3.63) is 35.4 Å². The summed E-state index contributed by atoms with van der Waals surface area (Å²) in [6, 6.07) is 5.79. The van der Waals surface area contributed by atoms with Crippen molar-refractivity contribution in [2.45, 2.75) is 37.6 Å². The van der Waals surface area contributed by atoms with Crippen LogP contribution in [0.1, 0.15) is 52.8 Å². The lowest BCUT2D eigenvalue weighted by Gasteiger charge is -2.20. The second-order valence-corrected chi connectivity index (χ2v) is 6.73. The van der Waals surface area contributed by atoms with Gasteiger partial charge in [-0.25, -0.2) is 4.79 Å². The van der Waals surface area contributed by atoms with Gasteiger partial charge >= 0.3 is 6.03 Å². The fraction of sp³-hybridized carbons (Fsp3) is 0.444. The number of benzene rings is 1. The van der Waals surface area contributed by atoms with Crippen LogP contribution in [-0.4, -0.2) is 47.3 Å². The molecule has 8 heteroatoms. The van der Waals surface area contributed by atoms with Crippen LogP contribution in [0.5, 0.6) is 0 Å². The lowest BCUT2D eigenvalue weighted by atomic mass is 9.98. The van der Waals surface area contributed by atoms with E-state index in [0.717, 1.165) is 12.8 Å². The van der Waals surface area contributed by atoms with E-state index in [4.69, 9.17) is 5.73 Å². The van der Waals surface area contributed by atoms with Crippen molar-refractivity contribution in [3.8, 4) is 0 Å². The third-order valence-corrected chi connectivity index (χ3v) is 4.96. The summed E-state index contributed by atoms with van der Waals surface area (Å²) in [7, 11) is 0. The predicted molar refractivity (Wildman–Crippen MR) is 93.4 cm³/mol. The molecule has 1 aromatic carbocycles. The first-order valence-corrected chi connectivity index (χ1v) is 8.75. The number of nitrogens with zero attached hydrogens (tertiary/aromatic N) is 1. The lowest BCUT2D eigenvalue weighted by Crippen LogP contribution is -2.44. The molecule has 1 aliphatic carbocycles. The summed E-state index contributed by atoms with van der Waals surface area (Å²) in [6.07, 6.45) is 3.74. The first-order valence-electron chi connectivity index (χ1n) is 8.75. The van der Waals surface area contributed by atoms with Gasteiger partial charge in [-0.3, -0.25) is 19.3 Å². The highest BCUT2D eigenvalue weighted by Crippen LogP contribution is 2.34. The molecule has 8 nitrogen and oxygen atoms in total. The molecule has 1 saturated heterocycles. The van der Waals surface area contributed by atoms with E-state index in [2.05, 4.69) is 10.6 Å². The van der Waals surface area contributed by atoms with E-state index in [1.54, 1.807) is 12.1 Å². The number of amides is 5. The van der Waals surface area contributed by atoms with Gasteiger partial charge in [-0.15, -0.1) is 0 Å². The first-order chi connectivity index (χ1) is 12.4. The summed E-state index contributed by atoms with van der Waals surface area (Å²) in [5.74, 6) is -1.09. The molecule has 2 aliphatic rings. The Balaban J connectivity index is 1.49.